The second kappa shape index (κ2) is 7.08. The summed E-state index contributed by atoms with van der Waals surface area (Å²) < 4.78 is 1.63. The van der Waals surface area contributed by atoms with Crippen LogP contribution in [-0.2, 0) is 16.6 Å². The summed E-state index contributed by atoms with van der Waals surface area (Å²) >= 11 is 0. The molecular weight excluding hydrogens is 406 g/mol. The van der Waals surface area contributed by atoms with Crippen molar-refractivity contribution in [1.29, 1.82) is 0 Å². The van der Waals surface area contributed by atoms with Gasteiger partial charge in [-0.2, -0.15) is 5.10 Å². The summed E-state index contributed by atoms with van der Waals surface area (Å²) in [4.78, 5) is 42.6. The van der Waals surface area contributed by atoms with Gasteiger partial charge in [-0.15, -0.1) is 0 Å². The van der Waals surface area contributed by atoms with Crippen LogP contribution in [-0.4, -0.2) is 35.5 Å². The van der Waals surface area contributed by atoms with Crippen LogP contribution in [0.2, 0.25) is 0 Å². The van der Waals surface area contributed by atoms with Crippen molar-refractivity contribution in [2.24, 2.45) is 5.92 Å². The van der Waals surface area contributed by atoms with Crippen molar-refractivity contribution in [1.82, 2.24) is 29.5 Å². The molecular formula is C23H23N7O2. The molecule has 3 aromatic heterocycles. The van der Waals surface area contributed by atoms with Gasteiger partial charge in [0.15, 0.2) is 11.5 Å². The molecule has 9 heteroatoms. The molecule has 0 saturated carbocycles. The average molecular weight is 429 g/mol. The number of fused-ring (bicyclic) bond motifs is 2. The van der Waals surface area contributed by atoms with Crippen molar-refractivity contribution in [3.63, 3.8) is 0 Å². The second-order valence-electron chi connectivity index (χ2n) is 8.78. The monoisotopic (exact) mass is 429 g/mol. The molecule has 1 aromatic carbocycles. The summed E-state index contributed by atoms with van der Waals surface area (Å²) in [5, 5.41) is 7.02. The van der Waals surface area contributed by atoms with Crippen molar-refractivity contribution < 1.29 is 4.79 Å². The highest BCUT2D eigenvalue weighted by Gasteiger charge is 2.47. The summed E-state index contributed by atoms with van der Waals surface area (Å²) in [5.41, 5.74) is 2.51. The summed E-state index contributed by atoms with van der Waals surface area (Å²) in [6, 6.07) is 7.59. The van der Waals surface area contributed by atoms with E-state index in [0.29, 0.717) is 29.2 Å². The molecule has 0 bridgehead atoms. The highest BCUT2D eigenvalue weighted by Crippen LogP contribution is 2.40. The van der Waals surface area contributed by atoms with Gasteiger partial charge in [-0.05, 0) is 31.7 Å². The van der Waals surface area contributed by atoms with Gasteiger partial charge in [-0.25, -0.2) is 19.5 Å². The van der Waals surface area contributed by atoms with E-state index in [1.807, 2.05) is 31.2 Å². The number of H-pyrrole nitrogens is 1. The fourth-order valence-electron chi connectivity index (χ4n) is 4.19. The van der Waals surface area contributed by atoms with Crippen LogP contribution < -0.4 is 10.9 Å². The van der Waals surface area contributed by atoms with Gasteiger partial charge in [0.2, 0.25) is 5.91 Å². The fraction of sp³-hybridized carbons (Fsp3) is 0.304. The molecule has 2 N–H and O–H groups in total. The van der Waals surface area contributed by atoms with Gasteiger partial charge in [0, 0.05) is 0 Å². The van der Waals surface area contributed by atoms with Crippen LogP contribution in [0.4, 0.5) is 5.82 Å². The Bertz CT molecular complexity index is 1420. The maximum atomic E-state index is 13.2. The number of carbonyl (C=O) groups excluding carboxylic acids is 1. The molecule has 0 radical (unpaired) electrons. The van der Waals surface area contributed by atoms with E-state index < -0.39 is 5.41 Å². The van der Waals surface area contributed by atoms with E-state index in [9.17, 15) is 9.59 Å². The van der Waals surface area contributed by atoms with E-state index in [1.165, 1.54) is 6.33 Å². The van der Waals surface area contributed by atoms with Gasteiger partial charge in [0.05, 0.1) is 17.5 Å². The molecule has 0 saturated heterocycles. The molecule has 0 spiro atoms. The number of amides is 1. The first-order valence-electron chi connectivity index (χ1n) is 10.5. The van der Waals surface area contributed by atoms with Crippen LogP contribution in [0.25, 0.3) is 17.2 Å². The summed E-state index contributed by atoms with van der Waals surface area (Å²) in [7, 11) is 0. The number of rotatable bonds is 4. The molecule has 4 heterocycles. The number of hydrogen-bond donors (Lipinski definition) is 2. The smallest absolute Gasteiger partial charge is 0.257 e. The molecule has 1 atom stereocenters. The Kier molecular flexibility index (Phi) is 4.44. The molecule has 1 amide bonds. The zero-order valence-electron chi connectivity index (χ0n) is 18.3. The van der Waals surface area contributed by atoms with E-state index in [1.54, 1.807) is 17.6 Å². The summed E-state index contributed by atoms with van der Waals surface area (Å²) in [6.07, 6.45) is 3.84. The van der Waals surface area contributed by atoms with Crippen LogP contribution in [0.15, 0.2) is 41.6 Å². The molecule has 5 rings (SSSR count). The predicted octanol–water partition coefficient (Wildman–Crippen LogP) is 2.64. The summed E-state index contributed by atoms with van der Waals surface area (Å²) in [6.45, 7) is 7.91. The minimum Gasteiger partial charge on any atom is -0.309 e. The van der Waals surface area contributed by atoms with Gasteiger partial charge in [-0.3, -0.25) is 9.59 Å². The molecule has 0 unspecified atom stereocenters. The molecule has 1 aliphatic heterocycles. The van der Waals surface area contributed by atoms with Gasteiger partial charge in [0.1, 0.15) is 23.3 Å². The maximum Gasteiger partial charge on any atom is 0.257 e. The standard InChI is InChI=1S/C23H23N7O2/c1-12(2)9-15-20-24-11-25-30(20)10-16(26-15)18-27-19-17(21(31)28-18)23(4,22(32)29-19)14-7-5-13(3)6-8-14/h5-8,10-12H,9H2,1-4H3,(H2,27,28,29,31,32)/t23-/m0/s1. The van der Waals surface area contributed by atoms with Crippen molar-refractivity contribution in [3.05, 3.63) is 69.5 Å². The number of hydrogen-bond acceptors (Lipinski definition) is 6. The Morgan fingerprint density at radius 3 is 2.59 bits per heavy atom. The number of nitrogens with zero attached hydrogens (tertiary/aromatic N) is 5. The Morgan fingerprint density at radius 1 is 1.12 bits per heavy atom. The van der Waals surface area contributed by atoms with Crippen molar-refractivity contribution in [2.75, 3.05) is 5.32 Å². The fourth-order valence-corrected chi connectivity index (χ4v) is 4.19. The number of aromatic amines is 1. The van der Waals surface area contributed by atoms with Crippen LogP contribution in [0.3, 0.4) is 0 Å². The van der Waals surface area contributed by atoms with E-state index in [2.05, 4.69) is 39.2 Å². The SMILES string of the molecule is Cc1ccc([C@]2(C)C(=O)Nc3nc(-c4cn5ncnc5c(CC(C)C)n4)[nH]c(=O)c32)cc1. The molecule has 32 heavy (non-hydrogen) atoms. The van der Waals surface area contributed by atoms with Crippen molar-refractivity contribution >= 4 is 17.4 Å². The van der Waals surface area contributed by atoms with Gasteiger partial charge >= 0.3 is 0 Å². The van der Waals surface area contributed by atoms with Gasteiger partial charge in [-0.1, -0.05) is 43.7 Å². The Labute approximate surface area is 184 Å². The lowest BCUT2D eigenvalue weighted by molar-refractivity contribution is -0.119. The number of anilines is 1. The third kappa shape index (κ3) is 3.00. The number of aromatic nitrogens is 6. The minimum atomic E-state index is -1.13. The molecule has 1 aliphatic rings. The molecule has 4 aromatic rings. The van der Waals surface area contributed by atoms with Gasteiger partial charge < -0.3 is 10.3 Å². The van der Waals surface area contributed by atoms with Crippen LogP contribution in [0.1, 0.15) is 43.2 Å². The maximum absolute atomic E-state index is 13.2. The number of aryl methyl sites for hydroxylation is 1. The van der Waals surface area contributed by atoms with Crippen LogP contribution in [0.5, 0.6) is 0 Å². The van der Waals surface area contributed by atoms with Crippen LogP contribution in [0, 0.1) is 12.8 Å². The highest BCUT2D eigenvalue weighted by molar-refractivity contribution is 6.07. The number of carbonyl (C=O) groups is 1. The molecule has 9 nitrogen and oxygen atoms in total. The normalized spacial score (nSPS) is 17.7. The second-order valence-corrected chi connectivity index (χ2v) is 8.78. The zero-order valence-corrected chi connectivity index (χ0v) is 18.3. The Morgan fingerprint density at radius 2 is 1.88 bits per heavy atom. The topological polar surface area (TPSA) is 118 Å². The third-order valence-corrected chi connectivity index (χ3v) is 5.91. The molecule has 0 fully saturated rings. The van der Waals surface area contributed by atoms with Crippen molar-refractivity contribution in [3.8, 4) is 11.5 Å². The molecule has 0 aliphatic carbocycles. The minimum absolute atomic E-state index is 0.253. The number of nitrogens with one attached hydrogen (secondary N) is 2. The summed E-state index contributed by atoms with van der Waals surface area (Å²) in [5.74, 6) is 0.596. The van der Waals surface area contributed by atoms with E-state index in [0.717, 1.165) is 16.8 Å². The third-order valence-electron chi connectivity index (χ3n) is 5.91. The van der Waals surface area contributed by atoms with Crippen molar-refractivity contribution in [2.45, 2.75) is 39.5 Å². The van der Waals surface area contributed by atoms with E-state index >= 15 is 0 Å². The first-order chi connectivity index (χ1) is 15.3. The highest BCUT2D eigenvalue weighted by atomic mass is 16.2. The Hall–Kier alpha value is -3.88. The lowest BCUT2D eigenvalue weighted by Gasteiger charge is -2.22. The number of benzene rings is 1. The van der Waals surface area contributed by atoms with Gasteiger partial charge in [0.25, 0.3) is 5.56 Å². The largest absolute Gasteiger partial charge is 0.309 e. The lowest BCUT2D eigenvalue weighted by atomic mass is 9.78. The Balaban J connectivity index is 1.66. The average Bonchev–Trinajstić information content (AvgIpc) is 3.31. The van der Waals surface area contributed by atoms with Crippen LogP contribution >= 0.6 is 0 Å². The lowest BCUT2D eigenvalue weighted by Crippen LogP contribution is -2.36. The molecule has 162 valence electrons. The van der Waals surface area contributed by atoms with E-state index in [-0.39, 0.29) is 23.1 Å². The first-order valence-corrected chi connectivity index (χ1v) is 10.5. The first kappa shape index (κ1) is 20.0. The zero-order chi connectivity index (χ0) is 22.6. The quantitative estimate of drug-likeness (QED) is 0.515. The van der Waals surface area contributed by atoms with E-state index in [4.69, 9.17) is 4.98 Å². The predicted molar refractivity (Wildman–Crippen MR) is 119 cm³/mol.